The van der Waals surface area contributed by atoms with Crippen LogP contribution in [0, 0.1) is 19.7 Å². The number of hydrogen-bond acceptors (Lipinski definition) is 4. The van der Waals surface area contributed by atoms with E-state index in [0.29, 0.717) is 24.2 Å². The monoisotopic (exact) mass is 347 g/mol. The maximum absolute atomic E-state index is 13.5. The Balaban J connectivity index is 1.66. The number of aryl methyl sites for hydroxylation is 2. The normalized spacial score (nSPS) is 16.5. The number of carbonyl (C=O) groups is 2. The molecule has 1 aliphatic rings. The average Bonchev–Trinajstić information content (AvgIpc) is 2.85. The van der Waals surface area contributed by atoms with Crippen LogP contribution in [0.15, 0.2) is 18.2 Å². The van der Waals surface area contributed by atoms with Crippen LogP contribution in [-0.4, -0.2) is 23.3 Å². The van der Waals surface area contributed by atoms with Gasteiger partial charge in [0, 0.05) is 30.0 Å². The van der Waals surface area contributed by atoms with Crippen LogP contribution < -0.4 is 10.6 Å². The second-order valence-corrected chi connectivity index (χ2v) is 7.11. The molecule has 5 nitrogen and oxygen atoms in total. The molecule has 0 unspecified atom stereocenters. The van der Waals surface area contributed by atoms with Gasteiger partial charge < -0.3 is 10.6 Å². The molecule has 2 heterocycles. The van der Waals surface area contributed by atoms with E-state index >= 15 is 0 Å². The maximum atomic E-state index is 13.5. The van der Waals surface area contributed by atoms with Crippen LogP contribution in [0.25, 0.3) is 0 Å². The Bertz CT molecular complexity index is 784. The first kappa shape index (κ1) is 16.6. The molecule has 24 heavy (non-hydrogen) atoms. The van der Waals surface area contributed by atoms with Gasteiger partial charge in [0.1, 0.15) is 5.82 Å². The molecule has 1 aromatic carbocycles. The number of nitrogens with one attached hydrogen (secondary N) is 2. The third-order valence-electron chi connectivity index (χ3n) is 4.08. The van der Waals surface area contributed by atoms with Crippen LogP contribution >= 0.6 is 11.3 Å². The lowest BCUT2D eigenvalue weighted by Gasteiger charge is -2.24. The van der Waals surface area contributed by atoms with Crippen molar-refractivity contribution in [1.29, 1.82) is 0 Å². The van der Waals surface area contributed by atoms with Crippen molar-refractivity contribution in [2.24, 2.45) is 0 Å². The molecule has 7 heteroatoms. The minimum absolute atomic E-state index is 0.0256. The lowest BCUT2D eigenvalue weighted by atomic mass is 9.89. The molecule has 2 aromatic rings. The molecule has 1 aliphatic heterocycles. The number of aromatic nitrogens is 1. The molecule has 0 bridgehead atoms. The number of hydrogen-bond donors (Lipinski definition) is 2. The predicted molar refractivity (Wildman–Crippen MR) is 90.7 cm³/mol. The van der Waals surface area contributed by atoms with Gasteiger partial charge in [0.15, 0.2) is 0 Å². The van der Waals surface area contributed by atoms with Crippen molar-refractivity contribution in [2.75, 3.05) is 11.9 Å². The molecule has 2 N–H and O–H groups in total. The van der Waals surface area contributed by atoms with Crippen molar-refractivity contribution >= 4 is 28.8 Å². The largest absolute Gasteiger partial charge is 0.355 e. The molecule has 0 spiro atoms. The highest BCUT2D eigenvalue weighted by Crippen LogP contribution is 2.32. The first-order chi connectivity index (χ1) is 11.4. The zero-order valence-electron chi connectivity index (χ0n) is 13.5. The van der Waals surface area contributed by atoms with Gasteiger partial charge in [-0.15, -0.1) is 11.3 Å². The van der Waals surface area contributed by atoms with Crippen LogP contribution in [0.5, 0.6) is 0 Å². The lowest BCUT2D eigenvalue weighted by molar-refractivity contribution is -0.126. The summed E-state index contributed by atoms with van der Waals surface area (Å²) in [5.41, 5.74) is 2.03. The molecule has 126 valence electrons. The fourth-order valence-corrected chi connectivity index (χ4v) is 3.66. The van der Waals surface area contributed by atoms with Crippen LogP contribution in [0.1, 0.15) is 33.5 Å². The van der Waals surface area contributed by atoms with Crippen molar-refractivity contribution < 1.29 is 14.0 Å². The molecule has 0 saturated heterocycles. The van der Waals surface area contributed by atoms with Crippen molar-refractivity contribution in [2.45, 2.75) is 32.6 Å². The van der Waals surface area contributed by atoms with Gasteiger partial charge in [-0.2, -0.15) is 0 Å². The van der Waals surface area contributed by atoms with Crippen LogP contribution in [0.4, 0.5) is 10.1 Å². The van der Waals surface area contributed by atoms with E-state index in [4.69, 9.17) is 0 Å². The maximum Gasteiger partial charge on any atom is 0.228 e. The SMILES string of the molecule is Cc1nc(CCNC(=O)[C@H]2CC(=O)Nc3ccc(F)cc32)sc1C. The third-order valence-corrected chi connectivity index (χ3v) is 5.21. The van der Waals surface area contributed by atoms with Gasteiger partial charge in [-0.05, 0) is 37.6 Å². The van der Waals surface area contributed by atoms with E-state index in [0.717, 1.165) is 10.7 Å². The number of nitrogens with zero attached hydrogens (tertiary/aromatic N) is 1. The standard InChI is InChI=1S/C17H18FN3O2S/c1-9-10(2)24-16(20-9)5-6-19-17(23)13-8-15(22)21-14-4-3-11(18)7-12(13)14/h3-4,7,13H,5-6,8H2,1-2H3,(H,19,23)(H,21,22)/t13-/m0/s1. The second kappa shape index (κ2) is 6.68. The van der Waals surface area contributed by atoms with Crippen molar-refractivity contribution in [3.63, 3.8) is 0 Å². The van der Waals surface area contributed by atoms with Crippen LogP contribution in [-0.2, 0) is 16.0 Å². The summed E-state index contributed by atoms with van der Waals surface area (Å²) in [7, 11) is 0. The van der Waals surface area contributed by atoms with Crippen LogP contribution in [0.2, 0.25) is 0 Å². The van der Waals surface area contributed by atoms with Gasteiger partial charge >= 0.3 is 0 Å². The molecule has 0 fully saturated rings. The quantitative estimate of drug-likeness (QED) is 0.893. The lowest BCUT2D eigenvalue weighted by Crippen LogP contribution is -2.36. The van der Waals surface area contributed by atoms with E-state index in [-0.39, 0.29) is 18.2 Å². The van der Waals surface area contributed by atoms with E-state index in [1.165, 1.54) is 23.1 Å². The summed E-state index contributed by atoms with van der Waals surface area (Å²) < 4.78 is 13.5. The van der Waals surface area contributed by atoms with E-state index in [2.05, 4.69) is 15.6 Å². The molecule has 0 saturated carbocycles. The molecule has 0 aliphatic carbocycles. The van der Waals surface area contributed by atoms with Crippen LogP contribution in [0.3, 0.4) is 0 Å². The topological polar surface area (TPSA) is 71.1 Å². The minimum atomic E-state index is -0.663. The van der Waals surface area contributed by atoms with E-state index in [1.807, 2.05) is 13.8 Å². The third kappa shape index (κ3) is 3.46. The second-order valence-electron chi connectivity index (χ2n) is 5.83. The number of anilines is 1. The van der Waals surface area contributed by atoms with Gasteiger partial charge in [0.2, 0.25) is 11.8 Å². The first-order valence-corrected chi connectivity index (χ1v) is 8.55. The highest BCUT2D eigenvalue weighted by Gasteiger charge is 2.30. The number of carbonyl (C=O) groups excluding carboxylic acids is 2. The average molecular weight is 347 g/mol. The molecule has 2 amide bonds. The fourth-order valence-electron chi connectivity index (χ4n) is 2.73. The molecular formula is C17H18FN3O2S. The Labute approximate surface area is 143 Å². The van der Waals surface area contributed by atoms with Crippen molar-refractivity contribution in [1.82, 2.24) is 10.3 Å². The number of rotatable bonds is 4. The Morgan fingerprint density at radius 1 is 1.46 bits per heavy atom. The molecular weight excluding hydrogens is 329 g/mol. The predicted octanol–water partition coefficient (Wildman–Crippen LogP) is 2.68. The van der Waals surface area contributed by atoms with Gasteiger partial charge in [0.05, 0.1) is 16.6 Å². The summed E-state index contributed by atoms with van der Waals surface area (Å²) >= 11 is 1.62. The van der Waals surface area contributed by atoms with Gasteiger partial charge in [0.25, 0.3) is 0 Å². The Hall–Kier alpha value is -2.28. The molecule has 1 atom stereocenters. The van der Waals surface area contributed by atoms with E-state index in [1.54, 1.807) is 11.3 Å². The number of benzene rings is 1. The summed E-state index contributed by atoms with van der Waals surface area (Å²) in [6.07, 6.45) is 0.664. The summed E-state index contributed by atoms with van der Waals surface area (Å²) in [6.45, 7) is 4.41. The minimum Gasteiger partial charge on any atom is -0.355 e. The highest BCUT2D eigenvalue weighted by atomic mass is 32.1. The number of fused-ring (bicyclic) bond motifs is 1. The summed E-state index contributed by atoms with van der Waals surface area (Å²) in [6, 6.07) is 4.07. The van der Waals surface area contributed by atoms with Gasteiger partial charge in [-0.3, -0.25) is 9.59 Å². The van der Waals surface area contributed by atoms with Gasteiger partial charge in [-0.1, -0.05) is 0 Å². The summed E-state index contributed by atoms with van der Waals surface area (Å²) in [5.74, 6) is -1.58. The number of thiazole rings is 1. The number of halogens is 1. The molecule has 1 aromatic heterocycles. The first-order valence-electron chi connectivity index (χ1n) is 7.74. The number of amides is 2. The Morgan fingerprint density at radius 3 is 2.96 bits per heavy atom. The van der Waals surface area contributed by atoms with Gasteiger partial charge in [-0.25, -0.2) is 9.37 Å². The van der Waals surface area contributed by atoms with E-state index < -0.39 is 11.7 Å². The smallest absolute Gasteiger partial charge is 0.228 e. The van der Waals surface area contributed by atoms with E-state index in [9.17, 15) is 14.0 Å². The highest BCUT2D eigenvalue weighted by molar-refractivity contribution is 7.11. The van der Waals surface area contributed by atoms with Crippen molar-refractivity contribution in [3.05, 3.63) is 45.2 Å². The Kier molecular flexibility index (Phi) is 4.62. The Morgan fingerprint density at radius 2 is 2.25 bits per heavy atom. The summed E-state index contributed by atoms with van der Waals surface area (Å²) in [5, 5.41) is 6.48. The zero-order chi connectivity index (χ0) is 17.3. The summed E-state index contributed by atoms with van der Waals surface area (Å²) in [4.78, 5) is 29.8. The molecule has 3 rings (SSSR count). The van der Waals surface area contributed by atoms with Crippen molar-refractivity contribution in [3.8, 4) is 0 Å². The zero-order valence-corrected chi connectivity index (χ0v) is 14.3. The fraction of sp³-hybridized carbons (Fsp3) is 0.353. The molecule has 0 radical (unpaired) electrons.